The Hall–Kier alpha value is -1.11. The summed E-state index contributed by atoms with van der Waals surface area (Å²) in [7, 11) is 0. The van der Waals surface area contributed by atoms with Gasteiger partial charge in [0.1, 0.15) is 5.78 Å². The fraction of sp³-hybridized carbons (Fsp3) is 0.467. The average Bonchev–Trinajstić information content (AvgIpc) is 2.33. The van der Waals surface area contributed by atoms with E-state index < -0.39 is 0 Å². The molecule has 0 saturated carbocycles. The Labute approximate surface area is 98.9 Å². The van der Waals surface area contributed by atoms with Gasteiger partial charge in [0.2, 0.25) is 0 Å². The Morgan fingerprint density at radius 1 is 1.00 bits per heavy atom. The maximum atomic E-state index is 11.6. The minimum absolute atomic E-state index is 0.396. The number of rotatable bonds is 8. The number of benzene rings is 1. The maximum Gasteiger partial charge on any atom is 0.133 e. The third-order valence-corrected chi connectivity index (χ3v) is 2.74. The van der Waals surface area contributed by atoms with E-state index in [-0.39, 0.29) is 0 Å². The van der Waals surface area contributed by atoms with Crippen molar-refractivity contribution >= 4 is 5.78 Å². The summed E-state index contributed by atoms with van der Waals surface area (Å²) in [5.74, 6) is 0.396. The molecule has 1 rings (SSSR count). The van der Waals surface area contributed by atoms with Gasteiger partial charge in [-0.05, 0) is 18.4 Å². The predicted molar refractivity (Wildman–Crippen MR) is 68.2 cm³/mol. The van der Waals surface area contributed by atoms with Gasteiger partial charge in [0, 0.05) is 12.8 Å². The van der Waals surface area contributed by atoms with Gasteiger partial charge < -0.3 is 0 Å². The van der Waals surface area contributed by atoms with Crippen LogP contribution < -0.4 is 0 Å². The largest absolute Gasteiger partial charge is 0.300 e. The number of carbonyl (C=O) groups excluding carboxylic acids is 1. The number of Topliss-reactive ketones (excluding diaryl/α,β-unsaturated/α-hetero) is 1. The Bertz CT molecular complexity index is 290. The van der Waals surface area contributed by atoms with Crippen LogP contribution in [0, 0.1) is 6.92 Å². The first-order valence-electron chi connectivity index (χ1n) is 6.18. The molecule has 1 aromatic rings. The van der Waals surface area contributed by atoms with Crippen LogP contribution in [0.4, 0.5) is 0 Å². The summed E-state index contributed by atoms with van der Waals surface area (Å²) in [5.41, 5.74) is 1.26. The van der Waals surface area contributed by atoms with E-state index in [4.69, 9.17) is 0 Å². The van der Waals surface area contributed by atoms with Crippen molar-refractivity contribution in [1.82, 2.24) is 0 Å². The van der Waals surface area contributed by atoms with Gasteiger partial charge in [0.15, 0.2) is 0 Å². The first kappa shape index (κ1) is 13.0. The molecule has 0 N–H and O–H groups in total. The number of hydrogen-bond acceptors (Lipinski definition) is 1. The minimum Gasteiger partial charge on any atom is -0.300 e. The molecule has 0 fully saturated rings. The normalized spacial score (nSPS) is 10.3. The maximum absolute atomic E-state index is 11.6. The van der Waals surface area contributed by atoms with E-state index in [2.05, 4.69) is 19.1 Å². The average molecular weight is 217 g/mol. The molecule has 1 nitrogen and oxygen atoms in total. The summed E-state index contributed by atoms with van der Waals surface area (Å²) < 4.78 is 0. The predicted octanol–water partition coefficient (Wildman–Crippen LogP) is 3.97. The van der Waals surface area contributed by atoms with Gasteiger partial charge in [0.25, 0.3) is 0 Å². The summed E-state index contributed by atoms with van der Waals surface area (Å²) in [6.07, 6.45) is 6.62. The van der Waals surface area contributed by atoms with Crippen molar-refractivity contribution < 1.29 is 4.79 Å². The van der Waals surface area contributed by atoms with Crippen LogP contribution >= 0.6 is 0 Å². The Kier molecular flexibility index (Phi) is 6.55. The van der Waals surface area contributed by atoms with Gasteiger partial charge >= 0.3 is 0 Å². The molecule has 1 radical (unpaired) electrons. The molecule has 87 valence electrons. The van der Waals surface area contributed by atoms with Gasteiger partial charge in [-0.3, -0.25) is 4.79 Å². The first-order chi connectivity index (χ1) is 7.83. The number of aryl methyl sites for hydroxylation is 1. The molecule has 0 heterocycles. The number of hydrogen-bond donors (Lipinski definition) is 0. The summed E-state index contributed by atoms with van der Waals surface area (Å²) in [6.45, 7) is 3.79. The third kappa shape index (κ3) is 5.69. The molecule has 0 atom stereocenters. The van der Waals surface area contributed by atoms with E-state index in [1.807, 2.05) is 18.2 Å². The molecule has 0 spiro atoms. The zero-order valence-electron chi connectivity index (χ0n) is 9.95. The fourth-order valence-electron chi connectivity index (χ4n) is 1.73. The highest BCUT2D eigenvalue weighted by molar-refractivity contribution is 5.78. The van der Waals surface area contributed by atoms with Crippen LogP contribution in [-0.4, -0.2) is 5.78 Å². The summed E-state index contributed by atoms with van der Waals surface area (Å²) >= 11 is 0. The fourth-order valence-corrected chi connectivity index (χ4v) is 1.73. The van der Waals surface area contributed by atoms with Crippen molar-refractivity contribution in [3.8, 4) is 0 Å². The molecule has 0 unspecified atom stereocenters. The molecule has 0 bridgehead atoms. The SMILES string of the molecule is [CH2]CCCCCC(=O)CCc1ccccc1. The van der Waals surface area contributed by atoms with E-state index in [9.17, 15) is 4.79 Å². The van der Waals surface area contributed by atoms with Crippen molar-refractivity contribution in [3.63, 3.8) is 0 Å². The Balaban J connectivity index is 2.11. The second kappa shape index (κ2) is 8.09. The molecule has 0 saturated heterocycles. The second-order valence-corrected chi connectivity index (χ2v) is 4.19. The smallest absolute Gasteiger partial charge is 0.133 e. The van der Waals surface area contributed by atoms with E-state index in [0.717, 1.165) is 38.5 Å². The molecular formula is C15H21O. The second-order valence-electron chi connectivity index (χ2n) is 4.19. The quantitative estimate of drug-likeness (QED) is 0.602. The van der Waals surface area contributed by atoms with Crippen LogP contribution in [0.3, 0.4) is 0 Å². The van der Waals surface area contributed by atoms with Crippen LogP contribution in [-0.2, 0) is 11.2 Å². The van der Waals surface area contributed by atoms with Crippen LogP contribution in [0.15, 0.2) is 30.3 Å². The number of unbranched alkanes of at least 4 members (excludes halogenated alkanes) is 3. The van der Waals surface area contributed by atoms with E-state index in [1.165, 1.54) is 5.56 Å². The Morgan fingerprint density at radius 2 is 1.75 bits per heavy atom. The molecule has 0 aliphatic rings. The molecule has 0 aromatic heterocycles. The molecule has 0 aliphatic carbocycles. The van der Waals surface area contributed by atoms with Crippen molar-refractivity contribution in [1.29, 1.82) is 0 Å². The first-order valence-corrected chi connectivity index (χ1v) is 6.18. The van der Waals surface area contributed by atoms with Crippen LogP contribution in [0.1, 0.15) is 44.1 Å². The summed E-state index contributed by atoms with van der Waals surface area (Å²) in [4.78, 5) is 11.6. The highest BCUT2D eigenvalue weighted by Crippen LogP contribution is 2.07. The molecule has 0 amide bonds. The lowest BCUT2D eigenvalue weighted by molar-refractivity contribution is -0.119. The van der Waals surface area contributed by atoms with Crippen molar-refractivity contribution in [2.75, 3.05) is 0 Å². The van der Waals surface area contributed by atoms with Crippen LogP contribution in [0.2, 0.25) is 0 Å². The van der Waals surface area contributed by atoms with Gasteiger partial charge in [-0.1, -0.05) is 56.5 Å². The summed E-state index contributed by atoms with van der Waals surface area (Å²) in [5, 5.41) is 0. The number of ketones is 1. The van der Waals surface area contributed by atoms with Gasteiger partial charge in [-0.25, -0.2) is 0 Å². The highest BCUT2D eigenvalue weighted by atomic mass is 16.1. The van der Waals surface area contributed by atoms with E-state index in [0.29, 0.717) is 12.2 Å². The van der Waals surface area contributed by atoms with Crippen molar-refractivity contribution in [2.24, 2.45) is 0 Å². The van der Waals surface area contributed by atoms with Crippen LogP contribution in [0.25, 0.3) is 0 Å². The molecular weight excluding hydrogens is 196 g/mol. The van der Waals surface area contributed by atoms with Crippen LogP contribution in [0.5, 0.6) is 0 Å². The standard InChI is InChI=1S/C15H21O/c1-2-3-4-8-11-15(16)13-12-14-9-6-5-7-10-14/h5-7,9-10H,1-4,8,11-13H2. The molecule has 1 heteroatoms. The van der Waals surface area contributed by atoms with Crippen molar-refractivity contribution in [3.05, 3.63) is 42.8 Å². The molecule has 1 aromatic carbocycles. The van der Waals surface area contributed by atoms with Gasteiger partial charge in [-0.2, -0.15) is 0 Å². The third-order valence-electron chi connectivity index (χ3n) is 2.74. The monoisotopic (exact) mass is 217 g/mol. The van der Waals surface area contributed by atoms with E-state index in [1.54, 1.807) is 0 Å². The minimum atomic E-state index is 0.396. The van der Waals surface area contributed by atoms with Gasteiger partial charge in [-0.15, -0.1) is 0 Å². The highest BCUT2D eigenvalue weighted by Gasteiger charge is 2.02. The summed E-state index contributed by atoms with van der Waals surface area (Å²) in [6, 6.07) is 10.2. The van der Waals surface area contributed by atoms with Crippen molar-refractivity contribution in [2.45, 2.75) is 44.9 Å². The lowest BCUT2D eigenvalue weighted by atomic mass is 10.0. The van der Waals surface area contributed by atoms with E-state index >= 15 is 0 Å². The zero-order valence-corrected chi connectivity index (χ0v) is 9.95. The lowest BCUT2D eigenvalue weighted by Gasteiger charge is -2.01. The Morgan fingerprint density at radius 3 is 2.44 bits per heavy atom. The lowest BCUT2D eigenvalue weighted by Crippen LogP contribution is -2.00. The topological polar surface area (TPSA) is 17.1 Å². The van der Waals surface area contributed by atoms with Gasteiger partial charge in [0.05, 0.1) is 0 Å². The number of carbonyl (C=O) groups is 1. The zero-order chi connectivity index (χ0) is 11.6. The molecule has 0 aliphatic heterocycles. The molecule has 16 heavy (non-hydrogen) atoms.